The van der Waals surface area contributed by atoms with Crippen molar-refractivity contribution in [1.29, 1.82) is 0 Å². The predicted molar refractivity (Wildman–Crippen MR) is 70.9 cm³/mol. The quantitative estimate of drug-likeness (QED) is 0.796. The smallest absolute Gasteiger partial charge is 0.252 e. The van der Waals surface area contributed by atoms with E-state index in [0.29, 0.717) is 30.2 Å². The van der Waals surface area contributed by atoms with Crippen molar-refractivity contribution in [2.24, 2.45) is 0 Å². The Labute approximate surface area is 112 Å². The molecule has 0 aliphatic rings. The maximum Gasteiger partial charge on any atom is 0.252 e. The van der Waals surface area contributed by atoms with Gasteiger partial charge in [0, 0.05) is 13.2 Å². The molecule has 0 fully saturated rings. The minimum atomic E-state index is -0.235. The van der Waals surface area contributed by atoms with Crippen molar-refractivity contribution < 1.29 is 14.6 Å². The van der Waals surface area contributed by atoms with Gasteiger partial charge in [-0.15, -0.1) is 0 Å². The molecule has 0 bridgehead atoms. The van der Waals surface area contributed by atoms with Gasteiger partial charge in [0.2, 0.25) is 0 Å². The Morgan fingerprint density at radius 2 is 2.22 bits per heavy atom. The van der Waals surface area contributed by atoms with Crippen LogP contribution >= 0.6 is 11.6 Å². The zero-order valence-electron chi connectivity index (χ0n) is 10.4. The second kappa shape index (κ2) is 8.08. The molecule has 0 heterocycles. The fraction of sp³-hybridized carbons (Fsp3) is 0.462. The number of halogens is 1. The molecule has 0 saturated heterocycles. The van der Waals surface area contributed by atoms with Crippen LogP contribution in [0.15, 0.2) is 24.3 Å². The summed E-state index contributed by atoms with van der Waals surface area (Å²) in [5, 5.41) is 12.2. The zero-order valence-corrected chi connectivity index (χ0v) is 11.1. The van der Waals surface area contributed by atoms with Crippen molar-refractivity contribution in [2.75, 3.05) is 19.8 Å². The lowest BCUT2D eigenvalue weighted by molar-refractivity contribution is 0.0154. The summed E-state index contributed by atoms with van der Waals surface area (Å²) in [6.07, 6.45) is 0.335. The average molecular weight is 272 g/mol. The first-order chi connectivity index (χ1) is 8.69. The summed E-state index contributed by atoms with van der Waals surface area (Å²) in [7, 11) is 0. The molecule has 0 radical (unpaired) electrons. The molecule has 0 spiro atoms. The number of ether oxygens (including phenoxy) is 1. The van der Waals surface area contributed by atoms with Crippen molar-refractivity contribution in [2.45, 2.75) is 19.4 Å². The summed E-state index contributed by atoms with van der Waals surface area (Å²) in [5.74, 6) is -0.214. The second-order valence-electron chi connectivity index (χ2n) is 3.78. The van der Waals surface area contributed by atoms with Crippen molar-refractivity contribution in [1.82, 2.24) is 5.32 Å². The highest BCUT2D eigenvalue weighted by Crippen LogP contribution is 2.14. The highest BCUT2D eigenvalue weighted by atomic mass is 35.5. The molecule has 0 saturated carbocycles. The first-order valence-corrected chi connectivity index (χ1v) is 6.32. The number of rotatable bonds is 7. The highest BCUT2D eigenvalue weighted by molar-refractivity contribution is 6.33. The van der Waals surface area contributed by atoms with Crippen LogP contribution in [0.1, 0.15) is 23.7 Å². The molecular weight excluding hydrogens is 254 g/mol. The molecule has 0 aliphatic carbocycles. The number of benzene rings is 1. The van der Waals surface area contributed by atoms with E-state index in [4.69, 9.17) is 21.4 Å². The largest absolute Gasteiger partial charge is 0.394 e. The molecule has 0 aromatic heterocycles. The number of nitrogens with one attached hydrogen (secondary N) is 1. The Kier molecular flexibility index (Phi) is 6.72. The lowest BCUT2D eigenvalue weighted by Crippen LogP contribution is -2.29. The third-order valence-corrected chi connectivity index (χ3v) is 2.81. The fourth-order valence-electron chi connectivity index (χ4n) is 1.55. The van der Waals surface area contributed by atoms with Gasteiger partial charge < -0.3 is 15.2 Å². The molecule has 0 aliphatic heterocycles. The fourth-order valence-corrected chi connectivity index (χ4v) is 1.77. The number of carbonyl (C=O) groups excluding carboxylic acids is 1. The summed E-state index contributed by atoms with van der Waals surface area (Å²) >= 11 is 5.91. The van der Waals surface area contributed by atoms with Crippen LogP contribution in [0, 0.1) is 0 Å². The molecule has 0 unspecified atom stereocenters. The molecule has 18 heavy (non-hydrogen) atoms. The summed E-state index contributed by atoms with van der Waals surface area (Å²) in [6, 6.07) is 6.88. The predicted octanol–water partition coefficient (Wildman–Crippen LogP) is 1.86. The van der Waals surface area contributed by atoms with Crippen LogP contribution < -0.4 is 5.32 Å². The number of aliphatic hydroxyl groups excluding tert-OH is 1. The number of carbonyl (C=O) groups is 1. The third kappa shape index (κ3) is 4.64. The molecule has 5 heteroatoms. The van der Waals surface area contributed by atoms with Crippen LogP contribution in [-0.4, -0.2) is 36.9 Å². The van der Waals surface area contributed by atoms with Gasteiger partial charge in [0.05, 0.1) is 23.3 Å². The molecule has 1 rings (SSSR count). The van der Waals surface area contributed by atoms with Crippen LogP contribution in [0.3, 0.4) is 0 Å². The van der Waals surface area contributed by atoms with E-state index in [-0.39, 0.29) is 18.6 Å². The van der Waals surface area contributed by atoms with Crippen LogP contribution in [0.25, 0.3) is 0 Å². The highest BCUT2D eigenvalue weighted by Gasteiger charge is 2.11. The third-order valence-electron chi connectivity index (χ3n) is 2.48. The molecule has 1 atom stereocenters. The normalized spacial score (nSPS) is 12.2. The van der Waals surface area contributed by atoms with E-state index in [0.717, 1.165) is 0 Å². The lowest BCUT2D eigenvalue weighted by Gasteiger charge is -2.14. The molecule has 4 nitrogen and oxygen atoms in total. The maximum atomic E-state index is 11.8. The van der Waals surface area contributed by atoms with E-state index in [9.17, 15) is 4.79 Å². The topological polar surface area (TPSA) is 58.6 Å². The van der Waals surface area contributed by atoms with Gasteiger partial charge in [-0.3, -0.25) is 4.79 Å². The Balaban J connectivity index is 2.40. The van der Waals surface area contributed by atoms with Gasteiger partial charge in [-0.1, -0.05) is 23.7 Å². The molecule has 1 aromatic rings. The first kappa shape index (κ1) is 15.0. The number of amides is 1. The van der Waals surface area contributed by atoms with Crippen molar-refractivity contribution in [3.05, 3.63) is 34.9 Å². The van der Waals surface area contributed by atoms with Crippen LogP contribution in [0.4, 0.5) is 0 Å². The Bertz CT molecular complexity index is 384. The van der Waals surface area contributed by atoms with E-state index >= 15 is 0 Å². The first-order valence-electron chi connectivity index (χ1n) is 5.94. The number of hydrogen-bond donors (Lipinski definition) is 2. The van der Waals surface area contributed by atoms with E-state index < -0.39 is 0 Å². The van der Waals surface area contributed by atoms with Crippen molar-refractivity contribution in [3.63, 3.8) is 0 Å². The zero-order chi connectivity index (χ0) is 13.4. The minimum Gasteiger partial charge on any atom is -0.394 e. The summed E-state index contributed by atoms with van der Waals surface area (Å²) in [6.45, 7) is 2.81. The van der Waals surface area contributed by atoms with Gasteiger partial charge in [-0.2, -0.15) is 0 Å². The molecule has 2 N–H and O–H groups in total. The summed E-state index contributed by atoms with van der Waals surface area (Å²) < 4.78 is 5.28. The van der Waals surface area contributed by atoms with Gasteiger partial charge >= 0.3 is 0 Å². The molecule has 100 valence electrons. The van der Waals surface area contributed by atoms with Gasteiger partial charge in [0.1, 0.15) is 0 Å². The number of hydrogen-bond acceptors (Lipinski definition) is 3. The van der Waals surface area contributed by atoms with Gasteiger partial charge in [0.25, 0.3) is 5.91 Å². The Morgan fingerprint density at radius 3 is 2.83 bits per heavy atom. The second-order valence-corrected chi connectivity index (χ2v) is 4.19. The van der Waals surface area contributed by atoms with Crippen molar-refractivity contribution in [3.8, 4) is 0 Å². The molecular formula is C13H18ClNO3. The van der Waals surface area contributed by atoms with E-state index in [1.54, 1.807) is 24.3 Å². The summed E-state index contributed by atoms with van der Waals surface area (Å²) in [5.41, 5.74) is 0.455. The Morgan fingerprint density at radius 1 is 1.50 bits per heavy atom. The van der Waals surface area contributed by atoms with Crippen LogP contribution in [0.5, 0.6) is 0 Å². The van der Waals surface area contributed by atoms with Crippen molar-refractivity contribution >= 4 is 17.5 Å². The van der Waals surface area contributed by atoms with E-state index in [1.807, 2.05) is 6.92 Å². The monoisotopic (exact) mass is 271 g/mol. The van der Waals surface area contributed by atoms with E-state index in [1.165, 1.54) is 0 Å². The van der Waals surface area contributed by atoms with Gasteiger partial charge in [0.15, 0.2) is 0 Å². The SMILES string of the molecule is CCO[C@H](CO)CCNC(=O)c1ccccc1Cl. The minimum absolute atomic E-state index is 0.0458. The lowest BCUT2D eigenvalue weighted by atomic mass is 10.2. The summed E-state index contributed by atoms with van der Waals surface area (Å²) in [4.78, 5) is 11.8. The standard InChI is InChI=1S/C13H18ClNO3/c1-2-18-10(9-16)7-8-15-13(17)11-5-3-4-6-12(11)14/h3-6,10,16H,2,7-9H2,1H3,(H,15,17)/t10-/m0/s1. The van der Waals surface area contributed by atoms with Crippen LogP contribution in [-0.2, 0) is 4.74 Å². The maximum absolute atomic E-state index is 11.8. The number of aliphatic hydroxyl groups is 1. The van der Waals surface area contributed by atoms with Gasteiger partial charge in [-0.05, 0) is 25.5 Å². The van der Waals surface area contributed by atoms with E-state index in [2.05, 4.69) is 5.32 Å². The molecule has 1 aromatic carbocycles. The van der Waals surface area contributed by atoms with Gasteiger partial charge in [-0.25, -0.2) is 0 Å². The van der Waals surface area contributed by atoms with Crippen LogP contribution in [0.2, 0.25) is 5.02 Å². The Hall–Kier alpha value is -1.10. The average Bonchev–Trinajstić information content (AvgIpc) is 2.38. The molecule has 1 amide bonds.